The largest absolute Gasteiger partial charge is 0.426 e. The van der Waals surface area contributed by atoms with Crippen LogP contribution in [0, 0.1) is 5.92 Å². The summed E-state index contributed by atoms with van der Waals surface area (Å²) in [7, 11) is -3.53. The van der Waals surface area contributed by atoms with Crippen molar-refractivity contribution in [2.45, 2.75) is 37.0 Å². The van der Waals surface area contributed by atoms with Crippen molar-refractivity contribution in [3.8, 4) is 5.75 Å². The molecule has 5 nitrogen and oxygen atoms in total. The van der Waals surface area contributed by atoms with Gasteiger partial charge in [-0.3, -0.25) is 4.79 Å². The average molecular weight is 420 g/mol. The normalized spacial score (nSPS) is 18.0. The van der Waals surface area contributed by atoms with Crippen LogP contribution in [0.5, 0.6) is 5.75 Å². The van der Waals surface area contributed by atoms with E-state index < -0.39 is 10.0 Å². The second-order valence-electron chi connectivity index (χ2n) is 7.34. The average Bonchev–Trinajstić information content (AvgIpc) is 3.17. The lowest BCUT2D eigenvalue weighted by molar-refractivity contribution is -0.140. The molecule has 1 heterocycles. The summed E-state index contributed by atoms with van der Waals surface area (Å²) in [6.45, 7) is 0.638. The molecule has 148 valence electrons. The number of halogens is 1. The van der Waals surface area contributed by atoms with Gasteiger partial charge in [0, 0.05) is 18.1 Å². The molecule has 0 aromatic heterocycles. The SMILES string of the molecule is O=C(Oc1ccc(Cl)cc1)C1CCN(S(=O)(=O)c2ccc3c(c2)CCC3)CC1. The van der Waals surface area contributed by atoms with Gasteiger partial charge >= 0.3 is 5.97 Å². The molecule has 2 aromatic carbocycles. The summed E-state index contributed by atoms with van der Waals surface area (Å²) in [4.78, 5) is 12.7. The second-order valence-corrected chi connectivity index (χ2v) is 9.71. The van der Waals surface area contributed by atoms with Crippen LogP contribution in [0.4, 0.5) is 0 Å². The minimum absolute atomic E-state index is 0.304. The number of sulfonamides is 1. The number of carbonyl (C=O) groups excluding carboxylic acids is 1. The quantitative estimate of drug-likeness (QED) is 0.558. The highest BCUT2D eigenvalue weighted by Crippen LogP contribution is 2.29. The molecule has 1 fully saturated rings. The number of esters is 1. The van der Waals surface area contributed by atoms with Gasteiger partial charge in [0.05, 0.1) is 10.8 Å². The monoisotopic (exact) mass is 419 g/mol. The molecule has 1 aliphatic heterocycles. The lowest BCUT2D eigenvalue weighted by Gasteiger charge is -2.30. The Labute approximate surface area is 170 Å². The molecule has 1 aliphatic carbocycles. The Bertz CT molecular complexity index is 980. The first-order chi connectivity index (χ1) is 13.4. The van der Waals surface area contributed by atoms with E-state index in [1.54, 1.807) is 30.3 Å². The van der Waals surface area contributed by atoms with E-state index in [2.05, 4.69) is 0 Å². The molecule has 0 saturated carbocycles. The number of benzene rings is 2. The van der Waals surface area contributed by atoms with Crippen molar-refractivity contribution in [3.05, 3.63) is 58.6 Å². The zero-order chi connectivity index (χ0) is 19.7. The molecule has 0 atom stereocenters. The topological polar surface area (TPSA) is 63.7 Å². The van der Waals surface area contributed by atoms with E-state index in [4.69, 9.17) is 16.3 Å². The van der Waals surface area contributed by atoms with Gasteiger partial charge in [0.1, 0.15) is 5.75 Å². The molecule has 0 unspecified atom stereocenters. The Balaban J connectivity index is 1.39. The summed E-state index contributed by atoms with van der Waals surface area (Å²) < 4.78 is 32.8. The minimum Gasteiger partial charge on any atom is -0.426 e. The van der Waals surface area contributed by atoms with Crippen LogP contribution in [0.1, 0.15) is 30.4 Å². The van der Waals surface area contributed by atoms with Gasteiger partial charge in [-0.05, 0) is 79.6 Å². The van der Waals surface area contributed by atoms with Crippen molar-refractivity contribution in [2.75, 3.05) is 13.1 Å². The van der Waals surface area contributed by atoms with Crippen LogP contribution >= 0.6 is 11.6 Å². The first-order valence-electron chi connectivity index (χ1n) is 9.53. The van der Waals surface area contributed by atoms with Gasteiger partial charge in [-0.1, -0.05) is 17.7 Å². The van der Waals surface area contributed by atoms with Gasteiger partial charge in [-0.2, -0.15) is 4.31 Å². The van der Waals surface area contributed by atoms with E-state index in [1.165, 1.54) is 9.87 Å². The molecular formula is C21H22ClNO4S. The fraction of sp³-hybridized carbons (Fsp3) is 0.381. The summed E-state index contributed by atoms with van der Waals surface area (Å²) in [6, 6.07) is 12.1. The molecule has 4 rings (SSSR count). The number of piperidine rings is 1. The summed E-state index contributed by atoms with van der Waals surface area (Å²) in [6.07, 6.45) is 3.96. The Morgan fingerprint density at radius 3 is 2.39 bits per heavy atom. The predicted molar refractivity (Wildman–Crippen MR) is 107 cm³/mol. The molecule has 2 aromatic rings. The van der Waals surface area contributed by atoms with E-state index in [-0.39, 0.29) is 11.9 Å². The fourth-order valence-electron chi connectivity index (χ4n) is 3.89. The molecule has 0 radical (unpaired) electrons. The van der Waals surface area contributed by atoms with Crippen LogP contribution in [0.25, 0.3) is 0 Å². The molecular weight excluding hydrogens is 398 g/mol. The van der Waals surface area contributed by atoms with Gasteiger partial charge in [-0.25, -0.2) is 8.42 Å². The van der Waals surface area contributed by atoms with Crippen molar-refractivity contribution in [1.82, 2.24) is 4.31 Å². The molecule has 28 heavy (non-hydrogen) atoms. The molecule has 1 saturated heterocycles. The number of hydrogen-bond acceptors (Lipinski definition) is 4. The summed E-state index contributed by atoms with van der Waals surface area (Å²) in [5.74, 6) is -0.179. The van der Waals surface area contributed by atoms with Gasteiger partial charge in [0.2, 0.25) is 10.0 Å². The Hall–Kier alpha value is -1.89. The third kappa shape index (κ3) is 3.95. The predicted octanol–water partition coefficient (Wildman–Crippen LogP) is 3.84. The third-order valence-electron chi connectivity index (χ3n) is 5.53. The van der Waals surface area contributed by atoms with Crippen LogP contribution in [0.15, 0.2) is 47.4 Å². The minimum atomic E-state index is -3.53. The summed E-state index contributed by atoms with van der Waals surface area (Å²) in [5, 5.41) is 0.574. The maximum absolute atomic E-state index is 13.0. The fourth-order valence-corrected chi connectivity index (χ4v) is 5.54. The molecule has 0 spiro atoms. The van der Waals surface area contributed by atoms with Gasteiger partial charge < -0.3 is 4.74 Å². The van der Waals surface area contributed by atoms with E-state index in [0.717, 1.165) is 24.8 Å². The molecule has 0 bridgehead atoms. The lowest BCUT2D eigenvalue weighted by Crippen LogP contribution is -2.41. The maximum atomic E-state index is 13.0. The lowest BCUT2D eigenvalue weighted by atomic mass is 9.98. The van der Waals surface area contributed by atoms with Crippen LogP contribution in [-0.2, 0) is 27.7 Å². The van der Waals surface area contributed by atoms with E-state index in [9.17, 15) is 13.2 Å². The number of nitrogens with zero attached hydrogens (tertiary/aromatic N) is 1. The standard InChI is InChI=1S/C21H22ClNO4S/c22-18-5-7-19(8-6-18)27-21(24)16-10-12-23(13-11-16)28(25,26)20-9-4-15-2-1-3-17(15)14-20/h4-9,14,16H,1-3,10-13H2. The van der Waals surface area contributed by atoms with Crippen LogP contribution < -0.4 is 4.74 Å². The summed E-state index contributed by atoms with van der Waals surface area (Å²) >= 11 is 5.83. The Kier molecular flexibility index (Phi) is 5.45. The van der Waals surface area contributed by atoms with Crippen LogP contribution in [0.2, 0.25) is 5.02 Å². The third-order valence-corrected chi connectivity index (χ3v) is 7.67. The van der Waals surface area contributed by atoms with E-state index >= 15 is 0 Å². The van der Waals surface area contributed by atoms with Crippen LogP contribution in [0.3, 0.4) is 0 Å². The smallest absolute Gasteiger partial charge is 0.314 e. The maximum Gasteiger partial charge on any atom is 0.314 e. The van der Waals surface area contributed by atoms with Crippen molar-refractivity contribution < 1.29 is 17.9 Å². The highest BCUT2D eigenvalue weighted by molar-refractivity contribution is 7.89. The number of ether oxygens (including phenoxy) is 1. The van der Waals surface area contributed by atoms with E-state index in [0.29, 0.717) is 41.6 Å². The van der Waals surface area contributed by atoms with Gasteiger partial charge in [-0.15, -0.1) is 0 Å². The van der Waals surface area contributed by atoms with Crippen molar-refractivity contribution >= 4 is 27.6 Å². The van der Waals surface area contributed by atoms with Crippen molar-refractivity contribution in [2.24, 2.45) is 5.92 Å². The van der Waals surface area contributed by atoms with Crippen molar-refractivity contribution in [1.29, 1.82) is 0 Å². The zero-order valence-electron chi connectivity index (χ0n) is 15.4. The zero-order valence-corrected chi connectivity index (χ0v) is 17.0. The second kappa shape index (κ2) is 7.85. The van der Waals surface area contributed by atoms with Crippen molar-refractivity contribution in [3.63, 3.8) is 0 Å². The number of rotatable bonds is 4. The Morgan fingerprint density at radius 1 is 1.00 bits per heavy atom. The first-order valence-corrected chi connectivity index (χ1v) is 11.3. The van der Waals surface area contributed by atoms with Gasteiger partial charge in [0.25, 0.3) is 0 Å². The van der Waals surface area contributed by atoms with Crippen LogP contribution in [-0.4, -0.2) is 31.8 Å². The highest BCUT2D eigenvalue weighted by Gasteiger charge is 2.33. The number of hydrogen-bond donors (Lipinski definition) is 0. The number of aryl methyl sites for hydroxylation is 2. The first kappa shape index (κ1) is 19.4. The number of carbonyl (C=O) groups is 1. The number of fused-ring (bicyclic) bond motifs is 1. The molecule has 0 N–H and O–H groups in total. The summed E-state index contributed by atoms with van der Waals surface area (Å²) in [5.41, 5.74) is 2.39. The molecule has 7 heteroatoms. The highest BCUT2D eigenvalue weighted by atomic mass is 35.5. The van der Waals surface area contributed by atoms with E-state index in [1.807, 2.05) is 12.1 Å². The Morgan fingerprint density at radius 2 is 1.68 bits per heavy atom. The molecule has 2 aliphatic rings. The van der Waals surface area contributed by atoms with Gasteiger partial charge in [0.15, 0.2) is 0 Å². The molecule has 0 amide bonds.